The van der Waals surface area contributed by atoms with Gasteiger partial charge in [-0.15, -0.1) is 0 Å². The minimum atomic E-state index is -0.750. The van der Waals surface area contributed by atoms with Gasteiger partial charge in [-0.05, 0) is 80.1 Å². The van der Waals surface area contributed by atoms with Crippen LogP contribution in [0.3, 0.4) is 0 Å². The molecule has 208 valence electrons. The minimum Gasteiger partial charge on any atom is -0.490 e. The monoisotopic (exact) mass is 540 g/mol. The second-order valence-corrected chi connectivity index (χ2v) is 10.3. The number of aliphatic hydroxyl groups is 1. The Morgan fingerprint density at radius 3 is 2.65 bits per heavy atom. The van der Waals surface area contributed by atoms with E-state index in [1.54, 1.807) is 11.1 Å². The van der Waals surface area contributed by atoms with Crippen molar-refractivity contribution in [2.24, 2.45) is 0 Å². The topological polar surface area (TPSA) is 110 Å². The summed E-state index contributed by atoms with van der Waals surface area (Å²) in [4.78, 5) is 20.3. The van der Waals surface area contributed by atoms with Crippen molar-refractivity contribution >= 4 is 28.2 Å². The van der Waals surface area contributed by atoms with Crippen molar-refractivity contribution in [1.82, 2.24) is 9.88 Å². The number of likely N-dealkylation sites (tertiary alicyclic amines) is 1. The summed E-state index contributed by atoms with van der Waals surface area (Å²) in [6.07, 6.45) is 1.52. The first-order valence-electron chi connectivity index (χ1n) is 13.7. The van der Waals surface area contributed by atoms with Crippen LogP contribution in [0.15, 0.2) is 79.0 Å². The molecule has 4 aromatic rings. The lowest BCUT2D eigenvalue weighted by Crippen LogP contribution is -2.38. The first kappa shape index (κ1) is 27.3. The number of nitrogen functional groups attached to an aromatic ring is 1. The van der Waals surface area contributed by atoms with E-state index in [1.807, 2.05) is 93.6 Å². The van der Waals surface area contributed by atoms with Crippen molar-refractivity contribution < 1.29 is 19.4 Å². The third-order valence-electron chi connectivity index (χ3n) is 7.06. The summed E-state index contributed by atoms with van der Waals surface area (Å²) >= 11 is 0. The number of β-amino-alcohol motifs (C(OH)–C–C–N with tert-alkyl or cyclic N) is 1. The van der Waals surface area contributed by atoms with Crippen LogP contribution in [0, 0.1) is 0 Å². The molecule has 3 atom stereocenters. The van der Waals surface area contributed by atoms with Gasteiger partial charge in [-0.2, -0.15) is 0 Å². The number of ether oxygens (including phenoxy) is 2. The van der Waals surface area contributed by atoms with E-state index in [1.165, 1.54) is 0 Å². The van der Waals surface area contributed by atoms with Crippen LogP contribution in [0.5, 0.6) is 11.5 Å². The Morgan fingerprint density at radius 2 is 1.90 bits per heavy atom. The second-order valence-electron chi connectivity index (χ2n) is 10.3. The van der Waals surface area contributed by atoms with Crippen LogP contribution in [-0.2, 0) is 4.79 Å². The van der Waals surface area contributed by atoms with Gasteiger partial charge in [0.2, 0.25) is 5.91 Å². The Labute approximate surface area is 234 Å². The first-order valence-corrected chi connectivity index (χ1v) is 13.7. The summed E-state index contributed by atoms with van der Waals surface area (Å²) in [5, 5.41) is 15.9. The predicted molar refractivity (Wildman–Crippen MR) is 157 cm³/mol. The lowest BCUT2D eigenvalue weighted by atomic mass is 10.0. The number of fused-ring (bicyclic) bond motifs is 1. The summed E-state index contributed by atoms with van der Waals surface area (Å²) in [6.45, 7) is 6.55. The standard InChI is InChI=1S/C32H36N4O4/c1-4-39-29-17-23(10-13-28(29)40-20(2)3)30(35-24-11-12-26-22(16-24)14-15-34-31(26)33)32(38)36-19-25(37)18-27(36)21-8-6-5-7-9-21/h5-17,20,25,27,30,35,37H,4,18-19H2,1-3H3,(H2,33,34)/t25-,27-,30?/m1/s1. The Hall–Kier alpha value is -4.30. The molecule has 0 spiro atoms. The fraction of sp³-hybridized carbons (Fsp3) is 0.312. The summed E-state index contributed by atoms with van der Waals surface area (Å²) in [6, 6.07) is 22.1. The first-order chi connectivity index (χ1) is 19.3. The number of hydrogen-bond donors (Lipinski definition) is 3. The van der Waals surface area contributed by atoms with Crippen LogP contribution < -0.4 is 20.5 Å². The molecule has 40 heavy (non-hydrogen) atoms. The van der Waals surface area contributed by atoms with Crippen LogP contribution in [0.4, 0.5) is 11.5 Å². The van der Waals surface area contributed by atoms with Gasteiger partial charge in [-0.1, -0.05) is 36.4 Å². The number of anilines is 2. The van der Waals surface area contributed by atoms with Crippen molar-refractivity contribution in [3.05, 3.63) is 90.1 Å². The van der Waals surface area contributed by atoms with Gasteiger partial charge in [0.25, 0.3) is 0 Å². The van der Waals surface area contributed by atoms with Crippen LogP contribution in [0.25, 0.3) is 10.8 Å². The summed E-state index contributed by atoms with van der Waals surface area (Å²) in [5.74, 6) is 1.52. The van der Waals surface area contributed by atoms with Gasteiger partial charge in [0.1, 0.15) is 11.9 Å². The van der Waals surface area contributed by atoms with E-state index < -0.39 is 12.1 Å². The highest BCUT2D eigenvalue weighted by Crippen LogP contribution is 2.38. The number of benzene rings is 3. The van der Waals surface area contributed by atoms with Gasteiger partial charge >= 0.3 is 0 Å². The predicted octanol–water partition coefficient (Wildman–Crippen LogP) is 5.49. The maximum atomic E-state index is 14.4. The number of aliphatic hydroxyl groups excluding tert-OH is 1. The number of aromatic nitrogens is 1. The molecular formula is C32H36N4O4. The zero-order valence-corrected chi connectivity index (χ0v) is 23.1. The van der Waals surface area contributed by atoms with Crippen LogP contribution in [0.2, 0.25) is 0 Å². The van der Waals surface area contributed by atoms with E-state index in [2.05, 4.69) is 10.3 Å². The molecule has 2 heterocycles. The van der Waals surface area contributed by atoms with Gasteiger partial charge in [0.15, 0.2) is 11.5 Å². The molecule has 1 aliphatic rings. The number of rotatable bonds is 9. The molecule has 1 amide bonds. The average molecular weight is 541 g/mol. The normalized spacial score (nSPS) is 17.7. The largest absolute Gasteiger partial charge is 0.490 e. The quantitative estimate of drug-likeness (QED) is 0.257. The molecule has 0 radical (unpaired) electrons. The fourth-order valence-electron chi connectivity index (χ4n) is 5.28. The number of hydrogen-bond acceptors (Lipinski definition) is 7. The third-order valence-corrected chi connectivity index (χ3v) is 7.06. The molecule has 1 fully saturated rings. The fourth-order valence-corrected chi connectivity index (χ4v) is 5.28. The van der Waals surface area contributed by atoms with Crippen molar-refractivity contribution in [2.75, 3.05) is 24.2 Å². The molecule has 0 saturated carbocycles. The zero-order valence-electron chi connectivity index (χ0n) is 23.1. The maximum absolute atomic E-state index is 14.4. The molecule has 0 bridgehead atoms. The number of pyridine rings is 1. The van der Waals surface area contributed by atoms with Gasteiger partial charge in [-0.25, -0.2) is 4.98 Å². The molecular weight excluding hydrogens is 504 g/mol. The van der Waals surface area contributed by atoms with E-state index in [0.29, 0.717) is 30.3 Å². The molecule has 8 nitrogen and oxygen atoms in total. The SMILES string of the molecule is CCOc1cc(C(Nc2ccc3c(N)nccc3c2)C(=O)N2C[C@H](O)C[C@@H]2c2ccccc2)ccc1OC(C)C. The molecule has 8 heteroatoms. The summed E-state index contributed by atoms with van der Waals surface area (Å²) in [7, 11) is 0. The Balaban J connectivity index is 1.55. The van der Waals surface area contributed by atoms with E-state index in [0.717, 1.165) is 27.6 Å². The third kappa shape index (κ3) is 5.82. The molecule has 3 aromatic carbocycles. The van der Waals surface area contributed by atoms with E-state index in [9.17, 15) is 9.90 Å². The van der Waals surface area contributed by atoms with E-state index in [4.69, 9.17) is 15.2 Å². The molecule has 1 aliphatic heterocycles. The lowest BCUT2D eigenvalue weighted by Gasteiger charge is -2.30. The van der Waals surface area contributed by atoms with E-state index in [-0.39, 0.29) is 24.6 Å². The van der Waals surface area contributed by atoms with Crippen molar-refractivity contribution in [3.63, 3.8) is 0 Å². The van der Waals surface area contributed by atoms with Crippen LogP contribution in [-0.4, -0.2) is 46.3 Å². The summed E-state index contributed by atoms with van der Waals surface area (Å²) in [5.41, 5.74) is 8.55. The highest BCUT2D eigenvalue weighted by Gasteiger charge is 2.39. The Kier molecular flexibility index (Phi) is 8.07. The molecule has 0 aliphatic carbocycles. The molecule has 1 unspecified atom stereocenters. The van der Waals surface area contributed by atoms with Crippen molar-refractivity contribution in [1.29, 1.82) is 0 Å². The minimum absolute atomic E-state index is 0.0298. The Morgan fingerprint density at radius 1 is 1.10 bits per heavy atom. The average Bonchev–Trinajstić information content (AvgIpc) is 3.34. The maximum Gasteiger partial charge on any atom is 0.250 e. The summed E-state index contributed by atoms with van der Waals surface area (Å²) < 4.78 is 11.9. The second kappa shape index (κ2) is 11.8. The lowest BCUT2D eigenvalue weighted by molar-refractivity contribution is -0.133. The van der Waals surface area contributed by atoms with E-state index >= 15 is 0 Å². The van der Waals surface area contributed by atoms with Crippen LogP contribution in [0.1, 0.15) is 50.4 Å². The zero-order chi connectivity index (χ0) is 28.2. The van der Waals surface area contributed by atoms with Gasteiger partial charge in [0.05, 0.1) is 24.9 Å². The number of amides is 1. The van der Waals surface area contributed by atoms with Crippen molar-refractivity contribution in [2.45, 2.75) is 51.5 Å². The van der Waals surface area contributed by atoms with Gasteiger partial charge < -0.3 is 30.5 Å². The molecule has 4 N–H and O–H groups in total. The van der Waals surface area contributed by atoms with Gasteiger partial charge in [0, 0.05) is 23.8 Å². The molecule has 1 aromatic heterocycles. The number of nitrogens with two attached hydrogens (primary N) is 1. The Bertz CT molecular complexity index is 1480. The number of carbonyl (C=O) groups is 1. The van der Waals surface area contributed by atoms with Gasteiger partial charge in [-0.3, -0.25) is 4.79 Å². The molecule has 5 rings (SSSR count). The number of carbonyl (C=O) groups excluding carboxylic acids is 1. The number of nitrogens with zero attached hydrogens (tertiary/aromatic N) is 2. The molecule has 1 saturated heterocycles. The van der Waals surface area contributed by atoms with Crippen molar-refractivity contribution in [3.8, 4) is 11.5 Å². The van der Waals surface area contributed by atoms with Crippen LogP contribution >= 0.6 is 0 Å². The number of nitrogens with one attached hydrogen (secondary N) is 1. The highest BCUT2D eigenvalue weighted by atomic mass is 16.5. The smallest absolute Gasteiger partial charge is 0.250 e. The highest BCUT2D eigenvalue weighted by molar-refractivity contribution is 5.94.